The first-order chi connectivity index (χ1) is 18.3. The van der Waals surface area contributed by atoms with Crippen molar-refractivity contribution in [3.05, 3.63) is 75.2 Å². The molecule has 4 rings (SSSR count). The van der Waals surface area contributed by atoms with Gasteiger partial charge in [-0.3, -0.25) is 14.4 Å². The lowest BCUT2D eigenvalue weighted by Gasteiger charge is -2.36. The van der Waals surface area contributed by atoms with Crippen LogP contribution in [-0.4, -0.2) is 71.8 Å². The Kier molecular flexibility index (Phi) is 9.60. The van der Waals surface area contributed by atoms with E-state index in [1.807, 2.05) is 36.1 Å². The molecule has 0 bridgehead atoms. The SMILES string of the molecule is CCCN(CC(=O)Nc1nc(CC(=O)N2CCN(c3ccccc3Cl)CC2)cs1)C(=O)c1ccc(Cl)cc1. The van der Waals surface area contributed by atoms with Gasteiger partial charge in [0.05, 0.1) is 22.8 Å². The average molecular weight is 575 g/mol. The first-order valence-corrected chi connectivity index (χ1v) is 14.0. The summed E-state index contributed by atoms with van der Waals surface area (Å²) >= 11 is 13.5. The summed E-state index contributed by atoms with van der Waals surface area (Å²) in [6.45, 7) is 4.91. The predicted octanol–water partition coefficient (Wildman–Crippen LogP) is 4.83. The molecule has 0 radical (unpaired) electrons. The van der Waals surface area contributed by atoms with Crippen LogP contribution in [-0.2, 0) is 16.0 Å². The second-order valence-corrected chi connectivity index (χ2v) is 10.6. The van der Waals surface area contributed by atoms with Crippen LogP contribution in [0.5, 0.6) is 0 Å². The summed E-state index contributed by atoms with van der Waals surface area (Å²) in [7, 11) is 0. The van der Waals surface area contributed by atoms with Crippen LogP contribution in [0.1, 0.15) is 29.4 Å². The lowest BCUT2D eigenvalue weighted by atomic mass is 10.2. The van der Waals surface area contributed by atoms with E-state index in [2.05, 4.69) is 15.2 Å². The highest BCUT2D eigenvalue weighted by atomic mass is 35.5. The van der Waals surface area contributed by atoms with Crippen LogP contribution in [0.4, 0.5) is 10.8 Å². The molecule has 11 heteroatoms. The Balaban J connectivity index is 1.27. The first-order valence-electron chi connectivity index (χ1n) is 12.4. The fourth-order valence-electron chi connectivity index (χ4n) is 4.25. The van der Waals surface area contributed by atoms with Crippen molar-refractivity contribution in [3.63, 3.8) is 0 Å². The summed E-state index contributed by atoms with van der Waals surface area (Å²) in [6, 6.07) is 14.3. The Bertz CT molecular complexity index is 1280. The van der Waals surface area contributed by atoms with Crippen molar-refractivity contribution in [1.82, 2.24) is 14.8 Å². The second kappa shape index (κ2) is 13.1. The summed E-state index contributed by atoms with van der Waals surface area (Å²) in [6.07, 6.45) is 0.873. The van der Waals surface area contributed by atoms with Gasteiger partial charge < -0.3 is 20.0 Å². The van der Waals surface area contributed by atoms with Crippen molar-refractivity contribution >= 4 is 63.1 Å². The second-order valence-electron chi connectivity index (χ2n) is 8.92. The molecular weight excluding hydrogens is 545 g/mol. The molecule has 0 atom stereocenters. The van der Waals surface area contributed by atoms with Crippen molar-refractivity contribution in [2.24, 2.45) is 0 Å². The zero-order chi connectivity index (χ0) is 27.1. The number of aromatic nitrogens is 1. The van der Waals surface area contributed by atoms with E-state index in [4.69, 9.17) is 23.2 Å². The molecule has 0 unspecified atom stereocenters. The third-order valence-electron chi connectivity index (χ3n) is 6.16. The van der Waals surface area contributed by atoms with Gasteiger partial charge in [-0.25, -0.2) is 4.98 Å². The molecule has 0 spiro atoms. The van der Waals surface area contributed by atoms with E-state index in [0.29, 0.717) is 65.6 Å². The van der Waals surface area contributed by atoms with E-state index >= 15 is 0 Å². The van der Waals surface area contributed by atoms with E-state index in [1.54, 1.807) is 29.6 Å². The minimum absolute atomic E-state index is 0.00494. The Labute approximate surface area is 236 Å². The van der Waals surface area contributed by atoms with Gasteiger partial charge in [-0.2, -0.15) is 0 Å². The van der Waals surface area contributed by atoms with Crippen molar-refractivity contribution in [3.8, 4) is 0 Å². The lowest BCUT2D eigenvalue weighted by molar-refractivity contribution is -0.130. The molecule has 1 fully saturated rings. The largest absolute Gasteiger partial charge is 0.367 e. The molecule has 1 aliphatic heterocycles. The molecule has 1 saturated heterocycles. The fourth-order valence-corrected chi connectivity index (χ4v) is 5.35. The van der Waals surface area contributed by atoms with Crippen LogP contribution < -0.4 is 10.2 Å². The number of carbonyl (C=O) groups is 3. The number of benzene rings is 2. The van der Waals surface area contributed by atoms with Gasteiger partial charge in [0.1, 0.15) is 6.54 Å². The number of thiazole rings is 1. The van der Waals surface area contributed by atoms with E-state index in [-0.39, 0.29) is 30.7 Å². The molecule has 3 amide bonds. The Morgan fingerprint density at radius 1 is 1.03 bits per heavy atom. The number of piperazine rings is 1. The van der Waals surface area contributed by atoms with Gasteiger partial charge in [-0.15, -0.1) is 11.3 Å². The fraction of sp³-hybridized carbons (Fsp3) is 0.333. The molecule has 1 aliphatic rings. The highest BCUT2D eigenvalue weighted by Crippen LogP contribution is 2.26. The van der Waals surface area contributed by atoms with E-state index in [1.165, 1.54) is 16.2 Å². The Morgan fingerprint density at radius 3 is 2.42 bits per heavy atom. The number of carbonyl (C=O) groups excluding carboxylic acids is 3. The van der Waals surface area contributed by atoms with Crippen LogP contribution in [0.3, 0.4) is 0 Å². The highest BCUT2D eigenvalue weighted by molar-refractivity contribution is 7.13. The number of nitrogens with one attached hydrogen (secondary N) is 1. The lowest BCUT2D eigenvalue weighted by Crippen LogP contribution is -2.49. The van der Waals surface area contributed by atoms with Gasteiger partial charge in [0.2, 0.25) is 11.8 Å². The first kappa shape index (κ1) is 27.9. The summed E-state index contributed by atoms with van der Waals surface area (Å²) in [4.78, 5) is 48.3. The number of para-hydroxylation sites is 1. The summed E-state index contributed by atoms with van der Waals surface area (Å²) in [5, 5.41) is 6.18. The summed E-state index contributed by atoms with van der Waals surface area (Å²) < 4.78 is 0. The number of rotatable bonds is 9. The van der Waals surface area contributed by atoms with Crippen molar-refractivity contribution in [2.75, 3.05) is 49.5 Å². The molecule has 38 heavy (non-hydrogen) atoms. The molecule has 1 N–H and O–H groups in total. The van der Waals surface area contributed by atoms with E-state index in [0.717, 1.165) is 5.69 Å². The number of anilines is 2. The smallest absolute Gasteiger partial charge is 0.254 e. The maximum Gasteiger partial charge on any atom is 0.254 e. The summed E-state index contributed by atoms with van der Waals surface area (Å²) in [5.41, 5.74) is 2.05. The standard InChI is InChI=1S/C27H29Cl2N5O3S/c1-2-11-34(26(37)19-7-9-20(28)10-8-19)17-24(35)31-27-30-21(18-38-27)16-25(36)33-14-12-32(13-15-33)23-6-4-3-5-22(23)29/h3-10,18H,2,11-17H2,1H3,(H,30,31,35). The van der Waals surface area contributed by atoms with Gasteiger partial charge in [0.25, 0.3) is 5.91 Å². The molecule has 2 heterocycles. The third-order valence-corrected chi connectivity index (χ3v) is 7.54. The van der Waals surface area contributed by atoms with Gasteiger partial charge in [0.15, 0.2) is 5.13 Å². The van der Waals surface area contributed by atoms with Gasteiger partial charge in [-0.05, 0) is 42.8 Å². The van der Waals surface area contributed by atoms with Crippen molar-refractivity contribution in [1.29, 1.82) is 0 Å². The monoisotopic (exact) mass is 573 g/mol. The quantitative estimate of drug-likeness (QED) is 0.396. The Morgan fingerprint density at radius 2 is 1.74 bits per heavy atom. The average Bonchev–Trinajstić information content (AvgIpc) is 3.35. The predicted molar refractivity (Wildman–Crippen MR) is 152 cm³/mol. The molecular formula is C27H29Cl2N5O3S. The maximum absolute atomic E-state index is 12.9. The minimum atomic E-state index is -0.344. The normalized spacial score (nSPS) is 13.3. The molecule has 3 aromatic rings. The van der Waals surface area contributed by atoms with Crippen LogP contribution in [0.25, 0.3) is 0 Å². The summed E-state index contributed by atoms with van der Waals surface area (Å²) in [5.74, 6) is -0.586. The molecule has 200 valence electrons. The van der Waals surface area contributed by atoms with Gasteiger partial charge in [-0.1, -0.05) is 42.3 Å². The highest BCUT2D eigenvalue weighted by Gasteiger charge is 2.23. The third kappa shape index (κ3) is 7.24. The van der Waals surface area contributed by atoms with Crippen LogP contribution in [0.15, 0.2) is 53.9 Å². The topological polar surface area (TPSA) is 85.8 Å². The number of amides is 3. The van der Waals surface area contributed by atoms with Gasteiger partial charge >= 0.3 is 0 Å². The zero-order valence-corrected chi connectivity index (χ0v) is 23.4. The van der Waals surface area contributed by atoms with Crippen molar-refractivity contribution < 1.29 is 14.4 Å². The number of nitrogens with zero attached hydrogens (tertiary/aromatic N) is 4. The van der Waals surface area contributed by atoms with E-state index < -0.39 is 0 Å². The number of hydrogen-bond acceptors (Lipinski definition) is 6. The molecule has 8 nitrogen and oxygen atoms in total. The van der Waals surface area contributed by atoms with Gasteiger partial charge in [0, 0.05) is 48.7 Å². The van der Waals surface area contributed by atoms with E-state index in [9.17, 15) is 14.4 Å². The van der Waals surface area contributed by atoms with Crippen LogP contribution >= 0.6 is 34.5 Å². The molecule has 2 aromatic carbocycles. The number of halogens is 2. The molecule has 0 saturated carbocycles. The molecule has 1 aromatic heterocycles. The van der Waals surface area contributed by atoms with Crippen LogP contribution in [0.2, 0.25) is 10.0 Å². The Hall–Kier alpha value is -3.14. The zero-order valence-electron chi connectivity index (χ0n) is 21.0. The maximum atomic E-state index is 12.9. The number of hydrogen-bond donors (Lipinski definition) is 1. The minimum Gasteiger partial charge on any atom is -0.367 e. The van der Waals surface area contributed by atoms with Crippen molar-refractivity contribution in [2.45, 2.75) is 19.8 Å². The molecule has 0 aliphatic carbocycles. The van der Waals surface area contributed by atoms with Crippen LogP contribution in [0, 0.1) is 0 Å².